The third-order valence-corrected chi connectivity index (χ3v) is 5.93. The first kappa shape index (κ1) is 15.7. The lowest BCUT2D eigenvalue weighted by molar-refractivity contribution is 0.193. The first-order valence-electron chi connectivity index (χ1n) is 8.97. The van der Waals surface area contributed by atoms with Crippen LogP contribution >= 0.6 is 11.3 Å². The maximum absolute atomic E-state index is 12.3. The second-order valence-corrected chi connectivity index (χ2v) is 7.72. The van der Waals surface area contributed by atoms with Crippen LogP contribution in [0.25, 0.3) is 5.65 Å². The molecule has 26 heavy (non-hydrogen) atoms. The quantitative estimate of drug-likeness (QED) is 0.750. The number of carbonyl (C=O) groups is 1. The predicted octanol–water partition coefficient (Wildman–Crippen LogP) is 2.48. The van der Waals surface area contributed by atoms with E-state index in [-0.39, 0.29) is 11.9 Å². The van der Waals surface area contributed by atoms with E-state index < -0.39 is 0 Å². The van der Waals surface area contributed by atoms with Crippen LogP contribution in [-0.2, 0) is 12.8 Å². The largest absolute Gasteiger partial charge is 0.324 e. The lowest BCUT2D eigenvalue weighted by atomic mass is 9.96. The Kier molecular flexibility index (Phi) is 3.81. The molecule has 2 aliphatic rings. The van der Waals surface area contributed by atoms with Gasteiger partial charge in [0.2, 0.25) is 0 Å². The Bertz CT molecular complexity index is 944. The van der Waals surface area contributed by atoms with Crippen LogP contribution in [0.5, 0.6) is 0 Å². The molecule has 2 amide bonds. The predicted molar refractivity (Wildman–Crippen MR) is 97.5 cm³/mol. The number of amides is 2. The normalized spacial score (nSPS) is 17.6. The Labute approximate surface area is 154 Å². The lowest BCUT2D eigenvalue weighted by Gasteiger charge is -2.30. The van der Waals surface area contributed by atoms with Gasteiger partial charge in [0.05, 0.1) is 5.69 Å². The van der Waals surface area contributed by atoms with Gasteiger partial charge in [0, 0.05) is 30.6 Å². The van der Waals surface area contributed by atoms with Gasteiger partial charge in [0.25, 0.3) is 0 Å². The van der Waals surface area contributed by atoms with E-state index in [0.717, 1.165) is 37.2 Å². The molecule has 0 radical (unpaired) electrons. The average molecular weight is 369 g/mol. The average Bonchev–Trinajstić information content (AvgIpc) is 3.40. The number of hydrogen-bond donors (Lipinski definition) is 1. The first-order chi connectivity index (χ1) is 12.8. The highest BCUT2D eigenvalue weighted by Gasteiger charge is 2.28. The van der Waals surface area contributed by atoms with Gasteiger partial charge >= 0.3 is 6.03 Å². The number of urea groups is 1. The number of hydrogen-bond acceptors (Lipinski definition) is 6. The first-order valence-corrected chi connectivity index (χ1v) is 9.85. The molecule has 0 spiro atoms. The van der Waals surface area contributed by atoms with Crippen molar-refractivity contribution >= 4 is 28.1 Å². The summed E-state index contributed by atoms with van der Waals surface area (Å²) in [6, 6.07) is 2.04. The van der Waals surface area contributed by atoms with Gasteiger partial charge in [-0.1, -0.05) is 0 Å². The van der Waals surface area contributed by atoms with Gasteiger partial charge in [0.15, 0.2) is 16.6 Å². The van der Waals surface area contributed by atoms with Gasteiger partial charge in [-0.3, -0.25) is 5.32 Å². The molecule has 3 aromatic heterocycles. The highest BCUT2D eigenvalue weighted by molar-refractivity contribution is 7.13. The van der Waals surface area contributed by atoms with Gasteiger partial charge in [-0.15, -0.1) is 21.5 Å². The fraction of sp³-hybridized carbons (Fsp3) is 0.471. The molecule has 134 valence electrons. The minimum Gasteiger partial charge on any atom is -0.324 e. The summed E-state index contributed by atoms with van der Waals surface area (Å²) in [4.78, 5) is 18.3. The van der Waals surface area contributed by atoms with E-state index >= 15 is 0 Å². The van der Waals surface area contributed by atoms with Crippen molar-refractivity contribution in [1.82, 2.24) is 29.7 Å². The molecule has 0 atom stereocenters. The van der Waals surface area contributed by atoms with Crippen molar-refractivity contribution in [2.24, 2.45) is 0 Å². The maximum atomic E-state index is 12.3. The summed E-state index contributed by atoms with van der Waals surface area (Å²) >= 11 is 1.43. The molecule has 5 rings (SSSR count). The summed E-state index contributed by atoms with van der Waals surface area (Å²) in [6.07, 6.45) is 6.72. The number of piperidine rings is 1. The second-order valence-electron chi connectivity index (χ2n) is 6.83. The number of carbonyl (C=O) groups excluding carboxylic acids is 1. The monoisotopic (exact) mass is 369 g/mol. The Morgan fingerprint density at radius 1 is 1.23 bits per heavy atom. The smallest absolute Gasteiger partial charge is 0.323 e. The highest BCUT2D eigenvalue weighted by Crippen LogP contribution is 2.28. The SMILES string of the molecule is O=C(Nc1nccs1)N1CCC(c2nnc3cc4c(nn23)CCC4)CC1. The number of nitrogens with zero attached hydrogens (tertiary/aromatic N) is 6. The van der Waals surface area contributed by atoms with Gasteiger partial charge < -0.3 is 4.90 Å². The maximum Gasteiger partial charge on any atom is 0.323 e. The highest BCUT2D eigenvalue weighted by atomic mass is 32.1. The molecule has 1 aliphatic heterocycles. The number of rotatable bonds is 2. The minimum atomic E-state index is -0.0829. The van der Waals surface area contributed by atoms with Crippen LogP contribution in [0.1, 0.15) is 42.3 Å². The molecule has 0 aromatic carbocycles. The molecule has 3 aromatic rings. The molecule has 0 unspecified atom stereocenters. The van der Waals surface area contributed by atoms with E-state index in [0.29, 0.717) is 18.2 Å². The number of nitrogens with one attached hydrogen (secondary N) is 1. The fourth-order valence-corrected chi connectivity index (χ4v) is 4.36. The van der Waals surface area contributed by atoms with Crippen LogP contribution in [0.2, 0.25) is 0 Å². The number of likely N-dealkylation sites (tertiary alicyclic amines) is 1. The van der Waals surface area contributed by atoms with Gasteiger partial charge in [-0.25, -0.2) is 9.78 Å². The number of aryl methyl sites for hydroxylation is 2. The summed E-state index contributed by atoms with van der Waals surface area (Å²) in [6.45, 7) is 1.39. The van der Waals surface area contributed by atoms with Crippen LogP contribution in [-0.4, -0.2) is 48.8 Å². The molecular formula is C17H19N7OS. The van der Waals surface area contributed by atoms with E-state index in [1.165, 1.54) is 29.0 Å². The van der Waals surface area contributed by atoms with Crippen LogP contribution in [0.4, 0.5) is 9.93 Å². The van der Waals surface area contributed by atoms with Gasteiger partial charge in [-0.2, -0.15) is 9.61 Å². The zero-order chi connectivity index (χ0) is 17.5. The Morgan fingerprint density at radius 2 is 2.12 bits per heavy atom. The molecule has 1 aliphatic carbocycles. The minimum absolute atomic E-state index is 0.0829. The van der Waals surface area contributed by atoms with Crippen molar-refractivity contribution in [2.45, 2.75) is 38.0 Å². The van der Waals surface area contributed by atoms with Crippen LogP contribution < -0.4 is 5.32 Å². The second kappa shape index (κ2) is 6.31. The molecule has 1 N–H and O–H groups in total. The van der Waals surface area contributed by atoms with Crippen molar-refractivity contribution in [3.05, 3.63) is 34.7 Å². The van der Waals surface area contributed by atoms with Gasteiger partial charge in [-0.05, 0) is 43.7 Å². The molecule has 9 heteroatoms. The Balaban J connectivity index is 1.29. The summed E-state index contributed by atoms with van der Waals surface area (Å²) in [7, 11) is 0. The lowest BCUT2D eigenvalue weighted by Crippen LogP contribution is -2.40. The van der Waals surface area contributed by atoms with Crippen LogP contribution in [0.3, 0.4) is 0 Å². The Morgan fingerprint density at radius 3 is 2.92 bits per heavy atom. The molecule has 1 saturated heterocycles. The third kappa shape index (κ3) is 2.72. The van der Waals surface area contributed by atoms with E-state index in [4.69, 9.17) is 5.10 Å². The fourth-order valence-electron chi connectivity index (χ4n) is 3.85. The van der Waals surface area contributed by atoms with E-state index in [9.17, 15) is 4.79 Å². The summed E-state index contributed by atoms with van der Waals surface area (Å²) in [5.74, 6) is 1.20. The van der Waals surface area contributed by atoms with Crippen molar-refractivity contribution in [3.63, 3.8) is 0 Å². The summed E-state index contributed by atoms with van der Waals surface area (Å²) in [5, 5.41) is 18.9. The van der Waals surface area contributed by atoms with Crippen molar-refractivity contribution in [2.75, 3.05) is 18.4 Å². The number of anilines is 1. The van der Waals surface area contributed by atoms with Gasteiger partial charge in [0.1, 0.15) is 0 Å². The summed E-state index contributed by atoms with van der Waals surface area (Å²) < 4.78 is 1.92. The van der Waals surface area contributed by atoms with Crippen molar-refractivity contribution < 1.29 is 4.79 Å². The number of aromatic nitrogens is 5. The van der Waals surface area contributed by atoms with Crippen LogP contribution in [0.15, 0.2) is 17.6 Å². The molecule has 4 heterocycles. The third-order valence-electron chi connectivity index (χ3n) is 5.24. The Hall–Kier alpha value is -2.55. The van der Waals surface area contributed by atoms with Crippen molar-refractivity contribution in [1.29, 1.82) is 0 Å². The van der Waals surface area contributed by atoms with Crippen LogP contribution in [0, 0.1) is 0 Å². The standard InChI is InChI=1S/C17H19N7OS/c25-17(19-16-18-6-9-26-16)23-7-4-11(5-8-23)15-21-20-14-10-12-2-1-3-13(12)22-24(14)15/h6,9-11H,1-5,7-8H2,(H,18,19,25). The zero-order valence-electron chi connectivity index (χ0n) is 14.3. The van der Waals surface area contributed by atoms with E-state index in [2.05, 4.69) is 26.6 Å². The molecule has 0 saturated carbocycles. The number of fused-ring (bicyclic) bond motifs is 2. The van der Waals surface area contributed by atoms with E-state index in [1.807, 2.05) is 14.8 Å². The van der Waals surface area contributed by atoms with Crippen molar-refractivity contribution in [3.8, 4) is 0 Å². The molecule has 0 bridgehead atoms. The molecule has 1 fully saturated rings. The summed E-state index contributed by atoms with van der Waals surface area (Å²) in [5.41, 5.74) is 3.33. The topological polar surface area (TPSA) is 88.3 Å². The van der Waals surface area contributed by atoms with E-state index in [1.54, 1.807) is 6.20 Å². The molecule has 8 nitrogen and oxygen atoms in total. The zero-order valence-corrected chi connectivity index (χ0v) is 15.1. The molecular weight excluding hydrogens is 350 g/mol. The number of thiazole rings is 1.